The Bertz CT molecular complexity index is 684. The fraction of sp³-hybridized carbons (Fsp3) is 0.389. The summed E-state index contributed by atoms with van der Waals surface area (Å²) in [6.07, 6.45) is 1.97. The molecule has 128 valence electrons. The Morgan fingerprint density at radius 2 is 2.12 bits per heavy atom. The van der Waals surface area contributed by atoms with Crippen LogP contribution < -0.4 is 5.32 Å². The summed E-state index contributed by atoms with van der Waals surface area (Å²) in [5.74, 6) is 1.02. The minimum Gasteiger partial charge on any atom is -0.459 e. The maximum atomic E-state index is 13.0. The smallest absolute Gasteiger partial charge is 0.318 e. The monoisotopic (exact) mass is 332 g/mol. The van der Waals surface area contributed by atoms with E-state index in [0.29, 0.717) is 24.7 Å². The molecule has 0 saturated carbocycles. The van der Waals surface area contributed by atoms with E-state index in [2.05, 4.69) is 5.32 Å². The van der Waals surface area contributed by atoms with Gasteiger partial charge in [-0.2, -0.15) is 0 Å². The Morgan fingerprint density at radius 3 is 2.88 bits per heavy atom. The molecule has 1 aliphatic rings. The van der Waals surface area contributed by atoms with Crippen molar-refractivity contribution in [3.8, 4) is 11.3 Å². The lowest BCUT2D eigenvalue weighted by atomic mass is 10.2. The number of halogens is 1. The fourth-order valence-corrected chi connectivity index (χ4v) is 2.98. The number of furan rings is 1. The molecule has 1 aliphatic heterocycles. The van der Waals surface area contributed by atoms with Crippen molar-refractivity contribution in [2.75, 3.05) is 20.3 Å². The average Bonchev–Trinajstić information content (AvgIpc) is 3.23. The maximum Gasteiger partial charge on any atom is 0.318 e. The van der Waals surface area contributed by atoms with E-state index < -0.39 is 0 Å². The number of likely N-dealkylation sites (tertiary alicyclic amines) is 1. The summed E-state index contributed by atoms with van der Waals surface area (Å²) < 4.78 is 23.8. The van der Waals surface area contributed by atoms with Crippen molar-refractivity contribution in [3.63, 3.8) is 0 Å². The first-order valence-corrected chi connectivity index (χ1v) is 8.05. The van der Waals surface area contributed by atoms with Gasteiger partial charge < -0.3 is 19.4 Å². The molecule has 1 fully saturated rings. The highest BCUT2D eigenvalue weighted by Crippen LogP contribution is 2.22. The van der Waals surface area contributed by atoms with E-state index in [9.17, 15) is 9.18 Å². The zero-order chi connectivity index (χ0) is 16.9. The van der Waals surface area contributed by atoms with Crippen LogP contribution in [0.1, 0.15) is 18.6 Å². The molecule has 1 saturated heterocycles. The highest BCUT2D eigenvalue weighted by atomic mass is 19.1. The number of methoxy groups -OCH3 is 1. The summed E-state index contributed by atoms with van der Waals surface area (Å²) in [6.45, 7) is 1.62. The molecule has 2 amide bonds. The van der Waals surface area contributed by atoms with Gasteiger partial charge in [0.25, 0.3) is 0 Å². The first kappa shape index (κ1) is 16.5. The Hall–Kier alpha value is -2.34. The van der Waals surface area contributed by atoms with Crippen molar-refractivity contribution < 1.29 is 18.3 Å². The topological polar surface area (TPSA) is 54.7 Å². The molecule has 6 heteroatoms. The summed E-state index contributed by atoms with van der Waals surface area (Å²) in [7, 11) is 1.65. The van der Waals surface area contributed by atoms with Crippen LogP contribution in [0.15, 0.2) is 40.8 Å². The molecule has 1 N–H and O–H groups in total. The van der Waals surface area contributed by atoms with Crippen LogP contribution in [0.25, 0.3) is 11.3 Å². The van der Waals surface area contributed by atoms with Gasteiger partial charge >= 0.3 is 6.03 Å². The van der Waals surface area contributed by atoms with Crippen LogP contribution in [0.4, 0.5) is 9.18 Å². The zero-order valence-electron chi connectivity index (χ0n) is 13.6. The predicted octanol–water partition coefficient (Wildman–Crippen LogP) is 3.41. The first-order chi connectivity index (χ1) is 11.7. The molecule has 2 heterocycles. The largest absolute Gasteiger partial charge is 0.459 e. The van der Waals surface area contributed by atoms with Gasteiger partial charge in [-0.1, -0.05) is 0 Å². The molecule has 1 aromatic carbocycles. The van der Waals surface area contributed by atoms with Crippen LogP contribution in [0, 0.1) is 5.82 Å². The number of carbonyl (C=O) groups is 1. The van der Waals surface area contributed by atoms with E-state index in [1.54, 1.807) is 19.2 Å². The molecule has 0 spiro atoms. The Morgan fingerprint density at radius 1 is 1.33 bits per heavy atom. The third-order valence-corrected chi connectivity index (χ3v) is 4.20. The maximum absolute atomic E-state index is 13.0. The fourth-order valence-electron chi connectivity index (χ4n) is 2.98. The number of benzene rings is 1. The Balaban J connectivity index is 1.57. The van der Waals surface area contributed by atoms with Crippen molar-refractivity contribution in [2.45, 2.75) is 25.4 Å². The molecule has 3 rings (SSSR count). The molecular formula is C18H21FN2O3. The quantitative estimate of drug-likeness (QED) is 0.913. The van der Waals surface area contributed by atoms with Gasteiger partial charge in [-0.15, -0.1) is 0 Å². The molecule has 1 atom stereocenters. The number of urea groups is 1. The minimum absolute atomic E-state index is 0.103. The molecule has 0 radical (unpaired) electrons. The van der Waals surface area contributed by atoms with Gasteiger partial charge in [0.2, 0.25) is 0 Å². The molecule has 0 aliphatic carbocycles. The molecule has 1 aromatic heterocycles. The standard InChI is InChI=1S/C18H21FN2O3/c1-23-12-15-3-2-10-21(15)18(22)20-11-16-8-9-17(24-16)13-4-6-14(19)7-5-13/h4-9,15H,2-3,10-12H2,1H3,(H,20,22)/t15-/m0/s1. The number of ether oxygens (including phenoxy) is 1. The summed E-state index contributed by atoms with van der Waals surface area (Å²) in [6, 6.07) is 9.78. The number of nitrogens with zero attached hydrogens (tertiary/aromatic N) is 1. The normalized spacial score (nSPS) is 17.2. The second-order valence-corrected chi connectivity index (χ2v) is 5.88. The second-order valence-electron chi connectivity index (χ2n) is 5.88. The van der Waals surface area contributed by atoms with Gasteiger partial charge in [-0.3, -0.25) is 0 Å². The van der Waals surface area contributed by atoms with Gasteiger partial charge in [-0.25, -0.2) is 9.18 Å². The highest BCUT2D eigenvalue weighted by Gasteiger charge is 2.28. The predicted molar refractivity (Wildman–Crippen MR) is 87.9 cm³/mol. The number of carbonyl (C=O) groups excluding carboxylic acids is 1. The molecule has 24 heavy (non-hydrogen) atoms. The van der Waals surface area contributed by atoms with E-state index >= 15 is 0 Å². The van der Waals surface area contributed by atoms with Gasteiger partial charge in [0.05, 0.1) is 19.2 Å². The molecule has 5 nitrogen and oxygen atoms in total. The van der Waals surface area contributed by atoms with Crippen LogP contribution in [0.5, 0.6) is 0 Å². The van der Waals surface area contributed by atoms with Crippen LogP contribution in [0.3, 0.4) is 0 Å². The van der Waals surface area contributed by atoms with Gasteiger partial charge in [0.1, 0.15) is 17.3 Å². The van der Waals surface area contributed by atoms with Crippen molar-refractivity contribution in [2.24, 2.45) is 0 Å². The van der Waals surface area contributed by atoms with Crippen molar-refractivity contribution in [1.82, 2.24) is 10.2 Å². The molecule has 2 aromatic rings. The number of hydrogen-bond donors (Lipinski definition) is 1. The van der Waals surface area contributed by atoms with E-state index in [1.807, 2.05) is 17.0 Å². The lowest BCUT2D eigenvalue weighted by Crippen LogP contribution is -2.44. The van der Waals surface area contributed by atoms with E-state index in [-0.39, 0.29) is 17.9 Å². The third kappa shape index (κ3) is 3.76. The van der Waals surface area contributed by atoms with Gasteiger partial charge in [-0.05, 0) is 49.2 Å². The van der Waals surface area contributed by atoms with E-state index in [4.69, 9.17) is 9.15 Å². The molecular weight excluding hydrogens is 311 g/mol. The average molecular weight is 332 g/mol. The minimum atomic E-state index is -0.283. The Labute approximate surface area is 140 Å². The second kappa shape index (κ2) is 7.49. The summed E-state index contributed by atoms with van der Waals surface area (Å²) in [5, 5.41) is 2.88. The van der Waals surface area contributed by atoms with Crippen molar-refractivity contribution >= 4 is 6.03 Å². The summed E-state index contributed by atoms with van der Waals surface area (Å²) in [4.78, 5) is 14.1. The number of rotatable bonds is 5. The summed E-state index contributed by atoms with van der Waals surface area (Å²) >= 11 is 0. The van der Waals surface area contributed by atoms with Crippen LogP contribution in [-0.2, 0) is 11.3 Å². The lowest BCUT2D eigenvalue weighted by Gasteiger charge is -2.24. The van der Waals surface area contributed by atoms with Gasteiger partial charge in [0, 0.05) is 19.2 Å². The highest BCUT2D eigenvalue weighted by molar-refractivity contribution is 5.74. The van der Waals surface area contributed by atoms with Crippen molar-refractivity contribution in [1.29, 1.82) is 0 Å². The van der Waals surface area contributed by atoms with Crippen molar-refractivity contribution in [3.05, 3.63) is 48.0 Å². The zero-order valence-corrected chi connectivity index (χ0v) is 13.6. The SMILES string of the molecule is COC[C@@H]1CCCN1C(=O)NCc1ccc(-c2ccc(F)cc2)o1. The molecule has 0 unspecified atom stereocenters. The summed E-state index contributed by atoms with van der Waals surface area (Å²) in [5.41, 5.74) is 0.800. The van der Waals surface area contributed by atoms with Crippen LogP contribution in [-0.4, -0.2) is 37.2 Å². The van der Waals surface area contributed by atoms with E-state index in [1.165, 1.54) is 12.1 Å². The van der Waals surface area contributed by atoms with Gasteiger partial charge in [0.15, 0.2) is 0 Å². The van der Waals surface area contributed by atoms with E-state index in [0.717, 1.165) is 24.9 Å². The molecule has 0 bridgehead atoms. The van der Waals surface area contributed by atoms with Crippen LogP contribution in [0.2, 0.25) is 0 Å². The first-order valence-electron chi connectivity index (χ1n) is 8.05. The number of nitrogens with one attached hydrogen (secondary N) is 1. The number of hydrogen-bond acceptors (Lipinski definition) is 3. The number of amides is 2. The Kier molecular flexibility index (Phi) is 5.15. The lowest BCUT2D eigenvalue weighted by molar-refractivity contribution is 0.123. The third-order valence-electron chi connectivity index (χ3n) is 4.20. The van der Waals surface area contributed by atoms with Crippen LogP contribution >= 0.6 is 0 Å².